The van der Waals surface area contributed by atoms with Gasteiger partial charge in [-0.15, -0.1) is 0 Å². The van der Waals surface area contributed by atoms with Crippen LogP contribution in [0.25, 0.3) is 0 Å². The highest BCUT2D eigenvalue weighted by Gasteiger charge is 2.34. The number of rotatable bonds is 6. The minimum absolute atomic E-state index is 0.0929. The standard InChI is InChI=1S/C12H21NO5/c1-9-2-4-12(8-14,5-3-9)13-10(15)6-18-7-11(16)17/h9,14H,2-8H2,1H3,(H,13,15)(H,16,17). The summed E-state index contributed by atoms with van der Waals surface area (Å²) < 4.78 is 4.72. The molecule has 1 aliphatic carbocycles. The highest BCUT2D eigenvalue weighted by molar-refractivity contribution is 5.78. The maximum absolute atomic E-state index is 11.6. The van der Waals surface area contributed by atoms with Gasteiger partial charge in [0.15, 0.2) is 0 Å². The van der Waals surface area contributed by atoms with Crippen molar-refractivity contribution in [3.8, 4) is 0 Å². The second-order valence-corrected chi connectivity index (χ2v) is 5.06. The lowest BCUT2D eigenvalue weighted by Gasteiger charge is -2.38. The van der Waals surface area contributed by atoms with Crippen molar-refractivity contribution in [2.24, 2.45) is 5.92 Å². The van der Waals surface area contributed by atoms with E-state index >= 15 is 0 Å². The van der Waals surface area contributed by atoms with Gasteiger partial charge in [-0.1, -0.05) is 6.92 Å². The molecule has 0 heterocycles. The minimum atomic E-state index is -1.11. The van der Waals surface area contributed by atoms with E-state index in [0.717, 1.165) is 25.7 Å². The fourth-order valence-corrected chi connectivity index (χ4v) is 2.20. The molecule has 104 valence electrons. The Morgan fingerprint density at radius 2 is 1.94 bits per heavy atom. The van der Waals surface area contributed by atoms with Crippen LogP contribution in [0.15, 0.2) is 0 Å². The number of hydrogen-bond donors (Lipinski definition) is 3. The van der Waals surface area contributed by atoms with E-state index in [1.54, 1.807) is 0 Å². The molecule has 6 heteroatoms. The Hall–Kier alpha value is -1.14. The molecule has 6 nitrogen and oxygen atoms in total. The van der Waals surface area contributed by atoms with Crippen LogP contribution in [0, 0.1) is 5.92 Å². The zero-order chi connectivity index (χ0) is 13.6. The Morgan fingerprint density at radius 3 is 2.44 bits per heavy atom. The van der Waals surface area contributed by atoms with Crippen LogP contribution >= 0.6 is 0 Å². The van der Waals surface area contributed by atoms with Crippen molar-refractivity contribution in [2.75, 3.05) is 19.8 Å². The van der Waals surface area contributed by atoms with Crippen molar-refractivity contribution < 1.29 is 24.5 Å². The van der Waals surface area contributed by atoms with Crippen LogP contribution in [0.5, 0.6) is 0 Å². The van der Waals surface area contributed by atoms with Gasteiger partial charge in [0, 0.05) is 0 Å². The Kier molecular flexibility index (Phi) is 5.55. The lowest BCUT2D eigenvalue weighted by Crippen LogP contribution is -2.54. The maximum Gasteiger partial charge on any atom is 0.329 e. The Balaban J connectivity index is 2.38. The summed E-state index contributed by atoms with van der Waals surface area (Å²) in [7, 11) is 0. The number of carbonyl (C=O) groups is 2. The number of aliphatic hydroxyl groups is 1. The smallest absolute Gasteiger partial charge is 0.329 e. The maximum atomic E-state index is 11.6. The normalized spacial score (nSPS) is 27.8. The number of hydrogen-bond acceptors (Lipinski definition) is 4. The molecule has 0 aromatic heterocycles. The number of amides is 1. The molecule has 0 unspecified atom stereocenters. The summed E-state index contributed by atoms with van der Waals surface area (Å²) in [5.74, 6) is -0.865. The lowest BCUT2D eigenvalue weighted by atomic mass is 9.77. The first-order valence-electron chi connectivity index (χ1n) is 6.19. The molecular weight excluding hydrogens is 238 g/mol. The van der Waals surface area contributed by atoms with Crippen molar-refractivity contribution in [2.45, 2.75) is 38.1 Å². The van der Waals surface area contributed by atoms with Gasteiger partial charge in [0.05, 0.1) is 12.1 Å². The molecule has 0 saturated heterocycles. The van der Waals surface area contributed by atoms with Gasteiger partial charge in [0.2, 0.25) is 5.91 Å². The largest absolute Gasteiger partial charge is 0.480 e. The fourth-order valence-electron chi connectivity index (χ4n) is 2.20. The van der Waals surface area contributed by atoms with E-state index in [4.69, 9.17) is 9.84 Å². The first kappa shape index (κ1) is 14.9. The first-order valence-corrected chi connectivity index (χ1v) is 6.19. The van der Waals surface area contributed by atoms with Gasteiger partial charge in [-0.25, -0.2) is 4.79 Å². The van der Waals surface area contributed by atoms with E-state index in [0.29, 0.717) is 5.92 Å². The molecule has 0 aromatic carbocycles. The molecule has 1 amide bonds. The van der Waals surface area contributed by atoms with Crippen LogP contribution < -0.4 is 5.32 Å². The third-order valence-corrected chi connectivity index (χ3v) is 3.40. The summed E-state index contributed by atoms with van der Waals surface area (Å²) in [6.45, 7) is 1.28. The average molecular weight is 259 g/mol. The van der Waals surface area contributed by atoms with Gasteiger partial charge in [0.1, 0.15) is 13.2 Å². The van der Waals surface area contributed by atoms with Gasteiger partial charge >= 0.3 is 5.97 Å². The molecule has 1 saturated carbocycles. The molecule has 1 rings (SSSR count). The third kappa shape index (κ3) is 4.62. The first-order chi connectivity index (χ1) is 8.47. The molecule has 0 spiro atoms. The van der Waals surface area contributed by atoms with Crippen molar-refractivity contribution in [3.63, 3.8) is 0 Å². The lowest BCUT2D eigenvalue weighted by molar-refractivity contribution is -0.144. The predicted molar refractivity (Wildman–Crippen MR) is 64.0 cm³/mol. The molecule has 0 radical (unpaired) electrons. The molecule has 0 aliphatic heterocycles. The number of ether oxygens (including phenoxy) is 1. The van der Waals surface area contributed by atoms with Gasteiger partial charge in [-0.3, -0.25) is 4.79 Å². The van der Waals surface area contributed by atoms with E-state index in [-0.39, 0.29) is 19.1 Å². The van der Waals surface area contributed by atoms with E-state index < -0.39 is 18.1 Å². The second-order valence-electron chi connectivity index (χ2n) is 5.06. The van der Waals surface area contributed by atoms with E-state index in [1.807, 2.05) is 0 Å². The third-order valence-electron chi connectivity index (χ3n) is 3.40. The highest BCUT2D eigenvalue weighted by atomic mass is 16.5. The number of carboxylic acids is 1. The van der Waals surface area contributed by atoms with Crippen molar-refractivity contribution in [1.82, 2.24) is 5.32 Å². The molecule has 1 aliphatic rings. The van der Waals surface area contributed by atoms with Gasteiger partial charge in [0.25, 0.3) is 0 Å². The van der Waals surface area contributed by atoms with E-state index in [2.05, 4.69) is 12.2 Å². The summed E-state index contributed by atoms with van der Waals surface area (Å²) in [6, 6.07) is 0. The van der Waals surface area contributed by atoms with Crippen LogP contribution in [0.4, 0.5) is 0 Å². The predicted octanol–water partition coefficient (Wildman–Crippen LogP) is 0.145. The van der Waals surface area contributed by atoms with Crippen molar-refractivity contribution in [3.05, 3.63) is 0 Å². The topological polar surface area (TPSA) is 95.9 Å². The summed E-state index contributed by atoms with van der Waals surface area (Å²) in [5.41, 5.74) is -0.559. The average Bonchev–Trinajstić information content (AvgIpc) is 2.32. The van der Waals surface area contributed by atoms with Crippen LogP contribution in [0.2, 0.25) is 0 Å². The molecule has 1 fully saturated rings. The zero-order valence-corrected chi connectivity index (χ0v) is 10.6. The SMILES string of the molecule is CC1CCC(CO)(NC(=O)COCC(=O)O)CC1. The van der Waals surface area contributed by atoms with Crippen LogP contribution in [-0.4, -0.2) is 47.4 Å². The van der Waals surface area contributed by atoms with Gasteiger partial charge in [-0.2, -0.15) is 0 Å². The van der Waals surface area contributed by atoms with Crippen molar-refractivity contribution in [1.29, 1.82) is 0 Å². The number of carboxylic acid groups (broad SMARTS) is 1. The fraction of sp³-hybridized carbons (Fsp3) is 0.833. The quantitative estimate of drug-likeness (QED) is 0.631. The highest BCUT2D eigenvalue weighted by Crippen LogP contribution is 2.31. The summed E-state index contributed by atoms with van der Waals surface area (Å²) in [4.78, 5) is 21.8. The zero-order valence-electron chi connectivity index (χ0n) is 10.6. The monoisotopic (exact) mass is 259 g/mol. The minimum Gasteiger partial charge on any atom is -0.480 e. The number of aliphatic hydroxyl groups excluding tert-OH is 1. The van der Waals surface area contributed by atoms with E-state index in [1.165, 1.54) is 0 Å². The summed E-state index contributed by atoms with van der Waals surface area (Å²) in [6.07, 6.45) is 3.43. The Bertz CT molecular complexity index is 297. The van der Waals surface area contributed by atoms with Crippen LogP contribution in [0.3, 0.4) is 0 Å². The molecule has 18 heavy (non-hydrogen) atoms. The molecule has 0 atom stereocenters. The van der Waals surface area contributed by atoms with Crippen molar-refractivity contribution >= 4 is 11.9 Å². The second kappa shape index (κ2) is 6.70. The summed E-state index contributed by atoms with van der Waals surface area (Å²) >= 11 is 0. The number of nitrogens with one attached hydrogen (secondary N) is 1. The van der Waals surface area contributed by atoms with E-state index in [9.17, 15) is 14.7 Å². The molecule has 0 bridgehead atoms. The number of carbonyl (C=O) groups excluding carboxylic acids is 1. The Labute approximate surface area is 106 Å². The Morgan fingerprint density at radius 1 is 1.33 bits per heavy atom. The van der Waals surface area contributed by atoms with Crippen LogP contribution in [-0.2, 0) is 14.3 Å². The molecule has 0 aromatic rings. The van der Waals surface area contributed by atoms with Crippen LogP contribution in [0.1, 0.15) is 32.6 Å². The summed E-state index contributed by atoms with van der Waals surface area (Å²) in [5, 5.41) is 20.6. The van der Waals surface area contributed by atoms with Gasteiger partial charge < -0.3 is 20.3 Å². The molecule has 3 N–H and O–H groups in total. The number of aliphatic carboxylic acids is 1. The molecular formula is C12H21NO5. The van der Waals surface area contributed by atoms with Gasteiger partial charge in [-0.05, 0) is 31.6 Å².